The van der Waals surface area contributed by atoms with Gasteiger partial charge < -0.3 is 0 Å². The number of sulfonamides is 1. The Balaban J connectivity index is 1.96. The van der Waals surface area contributed by atoms with Gasteiger partial charge in [0.05, 0.1) is 0 Å². The van der Waals surface area contributed by atoms with E-state index < -0.39 is 10.0 Å². The molecule has 3 nitrogen and oxygen atoms in total. The maximum atomic E-state index is 11.9. The van der Waals surface area contributed by atoms with Crippen molar-refractivity contribution in [3.8, 4) is 0 Å². The van der Waals surface area contributed by atoms with Crippen molar-refractivity contribution in [2.75, 3.05) is 6.54 Å². The summed E-state index contributed by atoms with van der Waals surface area (Å²) < 4.78 is 25.5. The van der Waals surface area contributed by atoms with Gasteiger partial charge in [0.15, 0.2) is 0 Å². The molecule has 0 aromatic rings. The molecular weight excluding hydrogens is 294 g/mol. The molecule has 0 aliphatic carbocycles. The average Bonchev–Trinajstić information content (AvgIpc) is 3.02. The minimum Gasteiger partial charge on any atom is -0.210 e. The second-order valence-corrected chi connectivity index (χ2v) is 8.83. The monoisotopic (exact) mass is 331 g/mol. The van der Waals surface area contributed by atoms with Crippen molar-refractivity contribution >= 4 is 10.0 Å². The summed E-state index contributed by atoms with van der Waals surface area (Å²) in [5, 5.41) is -0.140. The highest BCUT2D eigenvalue weighted by molar-refractivity contribution is 7.95. The molecule has 0 N–H and O–H groups in total. The Labute approximate surface area is 138 Å². The number of unbranched alkanes of at least 4 members (excludes halogenated alkanes) is 11. The maximum Gasteiger partial charge on any atom is 0.232 e. The molecule has 1 rings (SSSR count). The molecule has 132 valence electrons. The SMILES string of the molecule is CCCCCCCCCCCC1N(CCCCCC)S1(=O)=O. The van der Waals surface area contributed by atoms with Crippen molar-refractivity contribution < 1.29 is 8.42 Å². The highest BCUT2D eigenvalue weighted by Gasteiger charge is 2.52. The van der Waals surface area contributed by atoms with Crippen LogP contribution >= 0.6 is 0 Å². The molecule has 0 radical (unpaired) electrons. The smallest absolute Gasteiger partial charge is 0.210 e. The zero-order valence-corrected chi connectivity index (χ0v) is 15.7. The van der Waals surface area contributed by atoms with Gasteiger partial charge in [-0.15, -0.1) is 0 Å². The zero-order valence-electron chi connectivity index (χ0n) is 14.9. The third kappa shape index (κ3) is 7.45. The van der Waals surface area contributed by atoms with E-state index in [1.54, 1.807) is 4.31 Å². The molecule has 0 amide bonds. The van der Waals surface area contributed by atoms with Crippen LogP contribution in [0.1, 0.15) is 104 Å². The molecule has 1 fully saturated rings. The highest BCUT2D eigenvalue weighted by Crippen LogP contribution is 2.35. The number of hydrogen-bond donors (Lipinski definition) is 0. The van der Waals surface area contributed by atoms with Crippen LogP contribution in [0.5, 0.6) is 0 Å². The maximum absolute atomic E-state index is 11.9. The van der Waals surface area contributed by atoms with Crippen LogP contribution in [0.4, 0.5) is 0 Å². The number of rotatable bonds is 15. The van der Waals surface area contributed by atoms with Crippen LogP contribution in [-0.4, -0.2) is 24.6 Å². The Kier molecular flexibility index (Phi) is 10.4. The Morgan fingerprint density at radius 3 is 1.68 bits per heavy atom. The zero-order chi connectivity index (χ0) is 16.3. The summed E-state index contributed by atoms with van der Waals surface area (Å²) >= 11 is 0. The van der Waals surface area contributed by atoms with E-state index in [0.717, 1.165) is 32.2 Å². The minimum absolute atomic E-state index is 0.140. The first-order valence-electron chi connectivity index (χ1n) is 9.65. The molecule has 2 unspecified atom stereocenters. The molecule has 0 bridgehead atoms. The topological polar surface area (TPSA) is 37.1 Å². The van der Waals surface area contributed by atoms with E-state index in [0.29, 0.717) is 0 Å². The van der Waals surface area contributed by atoms with E-state index in [-0.39, 0.29) is 5.37 Å². The van der Waals surface area contributed by atoms with E-state index >= 15 is 0 Å². The van der Waals surface area contributed by atoms with Gasteiger partial charge >= 0.3 is 0 Å². The van der Waals surface area contributed by atoms with Gasteiger partial charge in [-0.3, -0.25) is 0 Å². The summed E-state index contributed by atoms with van der Waals surface area (Å²) in [6.07, 6.45) is 17.1. The predicted molar refractivity (Wildman–Crippen MR) is 95.4 cm³/mol. The Bertz CT molecular complexity index is 367. The first kappa shape index (κ1) is 20.0. The van der Waals surface area contributed by atoms with Crippen LogP contribution in [0.15, 0.2) is 0 Å². The van der Waals surface area contributed by atoms with Gasteiger partial charge in [0.1, 0.15) is 5.37 Å². The van der Waals surface area contributed by atoms with Crippen molar-refractivity contribution in [2.45, 2.75) is 109 Å². The Morgan fingerprint density at radius 1 is 0.682 bits per heavy atom. The summed E-state index contributed by atoms with van der Waals surface area (Å²) in [7, 11) is -2.86. The van der Waals surface area contributed by atoms with Crippen molar-refractivity contribution in [1.29, 1.82) is 0 Å². The first-order chi connectivity index (χ1) is 10.6. The number of hydrogen-bond acceptors (Lipinski definition) is 2. The van der Waals surface area contributed by atoms with Crippen LogP contribution in [0.3, 0.4) is 0 Å². The lowest BCUT2D eigenvalue weighted by Gasteiger charge is -2.02. The van der Waals surface area contributed by atoms with Gasteiger partial charge in [0.25, 0.3) is 0 Å². The van der Waals surface area contributed by atoms with Gasteiger partial charge in [-0.25, -0.2) is 8.42 Å². The molecule has 1 saturated heterocycles. The molecule has 2 atom stereocenters. The molecule has 1 aliphatic rings. The summed E-state index contributed by atoms with van der Waals surface area (Å²) in [5.41, 5.74) is 0. The fourth-order valence-corrected chi connectivity index (χ4v) is 5.02. The van der Waals surface area contributed by atoms with E-state index in [2.05, 4.69) is 13.8 Å². The van der Waals surface area contributed by atoms with Gasteiger partial charge in [0, 0.05) is 6.54 Å². The standard InChI is InChI=1S/C18H37NO2S/c1-3-5-7-9-10-11-12-13-14-16-18-19(22(18,20)21)17-15-8-6-4-2/h18H,3-17H2,1-2H3. The largest absolute Gasteiger partial charge is 0.232 e. The van der Waals surface area contributed by atoms with Crippen LogP contribution < -0.4 is 0 Å². The third-order valence-electron chi connectivity index (χ3n) is 4.73. The lowest BCUT2D eigenvalue weighted by molar-refractivity contribution is 0.462. The van der Waals surface area contributed by atoms with Gasteiger partial charge in [-0.2, -0.15) is 4.31 Å². The molecule has 0 spiro atoms. The molecular formula is C18H37NO2S. The second-order valence-electron chi connectivity index (χ2n) is 6.79. The van der Waals surface area contributed by atoms with Crippen LogP contribution in [0, 0.1) is 0 Å². The Morgan fingerprint density at radius 2 is 1.14 bits per heavy atom. The molecule has 4 heteroatoms. The van der Waals surface area contributed by atoms with Crippen LogP contribution in [0.25, 0.3) is 0 Å². The summed E-state index contributed by atoms with van der Waals surface area (Å²) in [4.78, 5) is 0. The molecule has 0 aromatic carbocycles. The fourth-order valence-electron chi connectivity index (χ4n) is 3.17. The minimum atomic E-state index is -2.86. The van der Waals surface area contributed by atoms with Crippen molar-refractivity contribution in [3.05, 3.63) is 0 Å². The normalized spacial score (nSPS) is 22.8. The first-order valence-corrected chi connectivity index (χ1v) is 11.2. The molecule has 1 aliphatic heterocycles. The molecule has 1 heterocycles. The lowest BCUT2D eigenvalue weighted by atomic mass is 10.1. The van der Waals surface area contributed by atoms with Crippen molar-refractivity contribution in [1.82, 2.24) is 4.31 Å². The van der Waals surface area contributed by atoms with Crippen LogP contribution in [0.2, 0.25) is 0 Å². The van der Waals surface area contributed by atoms with Crippen LogP contribution in [-0.2, 0) is 10.0 Å². The van der Waals surface area contributed by atoms with Crippen molar-refractivity contribution in [3.63, 3.8) is 0 Å². The molecule has 22 heavy (non-hydrogen) atoms. The molecule has 0 aromatic heterocycles. The average molecular weight is 332 g/mol. The van der Waals surface area contributed by atoms with Gasteiger partial charge in [-0.05, 0) is 12.8 Å². The molecule has 0 saturated carbocycles. The van der Waals surface area contributed by atoms with Gasteiger partial charge in [0.2, 0.25) is 10.0 Å². The van der Waals surface area contributed by atoms with E-state index in [9.17, 15) is 8.42 Å². The summed E-state index contributed by atoms with van der Waals surface area (Å²) in [6, 6.07) is 0. The third-order valence-corrected chi connectivity index (χ3v) is 6.79. The van der Waals surface area contributed by atoms with E-state index in [1.807, 2.05) is 0 Å². The van der Waals surface area contributed by atoms with E-state index in [4.69, 9.17) is 0 Å². The fraction of sp³-hybridized carbons (Fsp3) is 1.00. The summed E-state index contributed by atoms with van der Waals surface area (Å²) in [5.74, 6) is 0. The van der Waals surface area contributed by atoms with Gasteiger partial charge in [-0.1, -0.05) is 90.9 Å². The summed E-state index contributed by atoms with van der Waals surface area (Å²) in [6.45, 7) is 5.18. The van der Waals surface area contributed by atoms with Crippen molar-refractivity contribution in [2.24, 2.45) is 0 Å². The predicted octanol–water partition coefficient (Wildman–Crippen LogP) is 5.46. The Hall–Kier alpha value is -0.0900. The second kappa shape index (κ2) is 11.4. The quantitative estimate of drug-likeness (QED) is 0.295. The lowest BCUT2D eigenvalue weighted by Crippen LogP contribution is -2.04. The highest BCUT2D eigenvalue weighted by atomic mass is 32.2. The number of nitrogens with zero attached hydrogens (tertiary/aromatic N) is 1. The van der Waals surface area contributed by atoms with E-state index in [1.165, 1.54) is 64.2 Å².